The van der Waals surface area contributed by atoms with Crippen molar-refractivity contribution in [1.82, 2.24) is 15.3 Å². The van der Waals surface area contributed by atoms with Gasteiger partial charge in [-0.2, -0.15) is 0 Å². The Morgan fingerprint density at radius 3 is 2.29 bits per heavy atom. The van der Waals surface area contributed by atoms with Gasteiger partial charge in [0, 0.05) is 30.1 Å². The Morgan fingerprint density at radius 2 is 1.68 bits per heavy atom. The van der Waals surface area contributed by atoms with Crippen molar-refractivity contribution in [2.24, 2.45) is 11.8 Å². The molecule has 2 aliphatic carbocycles. The predicted molar refractivity (Wildman–Crippen MR) is 137 cm³/mol. The van der Waals surface area contributed by atoms with E-state index in [2.05, 4.69) is 21.4 Å². The summed E-state index contributed by atoms with van der Waals surface area (Å²) >= 11 is 0. The lowest BCUT2D eigenvalue weighted by molar-refractivity contribution is -0.153. The number of benzene rings is 1. The van der Waals surface area contributed by atoms with E-state index in [1.165, 1.54) is 50.5 Å². The Morgan fingerprint density at radius 1 is 0.971 bits per heavy atom. The number of carbonyl (C=O) groups is 1. The zero-order chi connectivity index (χ0) is 24.0. The number of nitrogens with zero attached hydrogens (tertiary/aromatic N) is 2. The van der Waals surface area contributed by atoms with Crippen LogP contribution in [0.4, 0.5) is 0 Å². The summed E-state index contributed by atoms with van der Waals surface area (Å²) in [6.45, 7) is 6.42. The van der Waals surface area contributed by atoms with Crippen LogP contribution in [0.25, 0.3) is 17.0 Å². The van der Waals surface area contributed by atoms with E-state index >= 15 is 0 Å². The van der Waals surface area contributed by atoms with Crippen molar-refractivity contribution in [2.75, 3.05) is 6.54 Å². The van der Waals surface area contributed by atoms with Gasteiger partial charge in [0.05, 0.1) is 6.54 Å². The Bertz CT molecular complexity index is 968. The van der Waals surface area contributed by atoms with Gasteiger partial charge in [-0.3, -0.25) is 4.79 Å². The van der Waals surface area contributed by atoms with Crippen molar-refractivity contribution in [3.63, 3.8) is 0 Å². The first-order chi connectivity index (χ1) is 16.4. The molecule has 0 bridgehead atoms. The van der Waals surface area contributed by atoms with Gasteiger partial charge in [-0.05, 0) is 63.0 Å². The molecule has 0 aliphatic heterocycles. The minimum absolute atomic E-state index is 0.195. The van der Waals surface area contributed by atoms with Gasteiger partial charge in [0.2, 0.25) is 0 Å². The molecule has 1 aromatic carbocycles. The number of nitrogens with one attached hydrogen (secondary N) is 1. The Labute approximate surface area is 204 Å². The Hall–Kier alpha value is -2.53. The van der Waals surface area contributed by atoms with E-state index in [-0.39, 0.29) is 12.5 Å². The molecular weight excluding hydrogens is 422 g/mol. The summed E-state index contributed by atoms with van der Waals surface area (Å²) < 4.78 is 5.32. The monoisotopic (exact) mass is 461 g/mol. The largest absolute Gasteiger partial charge is 0.459 e. The van der Waals surface area contributed by atoms with Crippen molar-refractivity contribution in [3.8, 4) is 11.4 Å². The molecule has 1 heterocycles. The van der Waals surface area contributed by atoms with Gasteiger partial charge in [-0.1, -0.05) is 62.4 Å². The molecule has 0 saturated heterocycles. The lowest BCUT2D eigenvalue weighted by atomic mass is 9.73. The molecule has 0 amide bonds. The van der Waals surface area contributed by atoms with Crippen LogP contribution in [0.2, 0.25) is 0 Å². The normalized spacial score (nSPS) is 19.5. The van der Waals surface area contributed by atoms with E-state index in [9.17, 15) is 4.79 Å². The molecule has 2 aliphatic rings. The molecule has 34 heavy (non-hydrogen) atoms. The third kappa shape index (κ3) is 6.99. The van der Waals surface area contributed by atoms with Gasteiger partial charge >= 0.3 is 5.97 Å². The number of hydrogen-bond acceptors (Lipinski definition) is 5. The van der Waals surface area contributed by atoms with E-state index in [0.29, 0.717) is 6.54 Å². The third-order valence-corrected chi connectivity index (χ3v) is 7.02. The summed E-state index contributed by atoms with van der Waals surface area (Å²) in [5.41, 5.74) is 4.21. The second kappa shape index (κ2) is 11.3. The molecule has 0 spiro atoms. The van der Waals surface area contributed by atoms with Crippen LogP contribution < -0.4 is 5.32 Å². The van der Waals surface area contributed by atoms with Crippen LogP contribution in [0.1, 0.15) is 83.3 Å². The zero-order valence-corrected chi connectivity index (χ0v) is 21.0. The number of aromatic nitrogens is 2. The van der Waals surface area contributed by atoms with Crippen LogP contribution in [0.3, 0.4) is 0 Å². The van der Waals surface area contributed by atoms with Gasteiger partial charge in [-0.15, -0.1) is 0 Å². The predicted octanol–water partition coefficient (Wildman–Crippen LogP) is 6.34. The number of rotatable bonds is 7. The maximum absolute atomic E-state index is 11.8. The highest BCUT2D eigenvalue weighted by atomic mass is 16.6. The smallest absolute Gasteiger partial charge is 0.320 e. The third-order valence-electron chi connectivity index (χ3n) is 7.02. The Balaban J connectivity index is 1.28. The summed E-state index contributed by atoms with van der Waals surface area (Å²) in [5.74, 6) is 2.32. The van der Waals surface area contributed by atoms with Gasteiger partial charge in [0.15, 0.2) is 5.82 Å². The maximum Gasteiger partial charge on any atom is 0.320 e. The topological polar surface area (TPSA) is 64.1 Å². The van der Waals surface area contributed by atoms with E-state index < -0.39 is 5.60 Å². The highest BCUT2D eigenvalue weighted by molar-refractivity contribution is 5.72. The van der Waals surface area contributed by atoms with Crippen molar-refractivity contribution < 1.29 is 9.53 Å². The lowest BCUT2D eigenvalue weighted by Gasteiger charge is -2.32. The number of carbonyl (C=O) groups excluding carboxylic acids is 1. The quantitative estimate of drug-likeness (QED) is 0.488. The van der Waals surface area contributed by atoms with Gasteiger partial charge in [-0.25, -0.2) is 9.97 Å². The molecular formula is C29H39N3O2. The molecule has 5 heteroatoms. The summed E-state index contributed by atoms with van der Waals surface area (Å²) in [6, 6.07) is 8.16. The molecule has 1 fully saturated rings. The molecule has 5 nitrogen and oxygen atoms in total. The summed E-state index contributed by atoms with van der Waals surface area (Å²) in [7, 11) is 0. The van der Waals surface area contributed by atoms with Gasteiger partial charge < -0.3 is 10.1 Å². The van der Waals surface area contributed by atoms with Crippen molar-refractivity contribution in [3.05, 3.63) is 53.9 Å². The first-order valence-corrected chi connectivity index (χ1v) is 12.9. The van der Waals surface area contributed by atoms with Crippen LogP contribution >= 0.6 is 0 Å². The van der Waals surface area contributed by atoms with Crippen LogP contribution in [-0.2, 0) is 16.1 Å². The van der Waals surface area contributed by atoms with Gasteiger partial charge in [0.1, 0.15) is 5.60 Å². The second-order valence-corrected chi connectivity index (χ2v) is 10.8. The molecule has 0 radical (unpaired) electrons. The molecule has 1 N–H and O–H groups in total. The molecule has 1 unspecified atom stereocenters. The maximum atomic E-state index is 11.8. The summed E-state index contributed by atoms with van der Waals surface area (Å²) in [4.78, 5) is 21.1. The van der Waals surface area contributed by atoms with Gasteiger partial charge in [0.25, 0.3) is 0 Å². The standard InChI is InChI=1S/C29H39N3O2/c1-29(2,3)34-27(33)20-30-17-21-9-11-25(12-10-21)28-31-18-26(19-32-28)24-15-13-23(14-16-24)22-7-5-4-6-8-22/h9-12,15,18-19,22-23,30H,4-8,13-14,16-17,20H2,1-3H3. The van der Waals surface area contributed by atoms with Crippen LogP contribution in [0, 0.1) is 11.8 Å². The lowest BCUT2D eigenvalue weighted by Crippen LogP contribution is -2.31. The van der Waals surface area contributed by atoms with Crippen LogP contribution in [0.15, 0.2) is 42.7 Å². The fourth-order valence-electron chi connectivity index (χ4n) is 5.25. The van der Waals surface area contributed by atoms with E-state index in [1.807, 2.05) is 57.4 Å². The van der Waals surface area contributed by atoms with Crippen molar-refractivity contribution in [2.45, 2.75) is 84.3 Å². The molecule has 2 aromatic rings. The average Bonchev–Trinajstić information content (AvgIpc) is 2.84. The highest BCUT2D eigenvalue weighted by Crippen LogP contribution is 2.39. The number of allylic oxidation sites excluding steroid dienone is 2. The minimum atomic E-state index is -0.457. The molecule has 1 atom stereocenters. The van der Waals surface area contributed by atoms with Crippen molar-refractivity contribution in [1.29, 1.82) is 0 Å². The first kappa shape index (κ1) is 24.6. The summed E-state index contributed by atoms with van der Waals surface area (Å²) in [5, 5.41) is 3.14. The zero-order valence-electron chi connectivity index (χ0n) is 21.0. The molecule has 4 rings (SSSR count). The molecule has 182 valence electrons. The SMILES string of the molecule is CC(C)(C)OC(=O)CNCc1ccc(-c2ncc(C3=CCC(C4CCCCC4)CC3)cn2)cc1. The number of esters is 1. The van der Waals surface area contributed by atoms with E-state index in [4.69, 9.17) is 4.74 Å². The van der Waals surface area contributed by atoms with Crippen LogP contribution in [0.5, 0.6) is 0 Å². The van der Waals surface area contributed by atoms with Crippen molar-refractivity contribution >= 4 is 11.5 Å². The molecule has 1 saturated carbocycles. The first-order valence-electron chi connectivity index (χ1n) is 12.9. The summed E-state index contributed by atoms with van der Waals surface area (Å²) in [6.07, 6.45) is 17.2. The average molecular weight is 462 g/mol. The van der Waals surface area contributed by atoms with E-state index in [1.54, 1.807) is 0 Å². The number of hydrogen-bond donors (Lipinski definition) is 1. The fraction of sp³-hybridized carbons (Fsp3) is 0.552. The number of ether oxygens (including phenoxy) is 1. The van der Waals surface area contributed by atoms with E-state index in [0.717, 1.165) is 40.8 Å². The molecule has 1 aromatic heterocycles. The Kier molecular flexibility index (Phi) is 8.15. The van der Waals surface area contributed by atoms with Crippen LogP contribution in [-0.4, -0.2) is 28.1 Å². The fourth-order valence-corrected chi connectivity index (χ4v) is 5.25. The second-order valence-electron chi connectivity index (χ2n) is 10.8. The minimum Gasteiger partial charge on any atom is -0.459 e. The highest BCUT2D eigenvalue weighted by Gasteiger charge is 2.25.